The number of aryl methyl sites for hydroxylation is 3. The first-order chi connectivity index (χ1) is 11.6. The molecule has 1 aliphatic carbocycles. The van der Waals surface area contributed by atoms with Crippen molar-refractivity contribution in [1.29, 1.82) is 0 Å². The molecule has 1 saturated carbocycles. The number of aliphatic carboxylic acids is 1. The van der Waals surface area contributed by atoms with Gasteiger partial charge in [-0.2, -0.15) is 0 Å². The number of ketones is 1. The third kappa shape index (κ3) is 3.84. The Labute approximate surface area is 152 Å². The topological polar surface area (TPSA) is 71.4 Å². The van der Waals surface area contributed by atoms with Crippen LogP contribution in [-0.2, 0) is 9.36 Å². The summed E-state index contributed by atoms with van der Waals surface area (Å²) in [4.78, 5) is 25.5. The summed E-state index contributed by atoms with van der Waals surface area (Å²) in [7, 11) is 1.17. The van der Waals surface area contributed by atoms with Gasteiger partial charge in [-0.25, -0.2) is 0 Å². The molecule has 2 rings (SSSR count). The standard InChI is InChI=1S/C20H28O3.H2OP/c1-13-11-14(2)16(15(3)12-13)17(21)20(9-7-6-8-10-20)19(4,5)18(22)23;1-2/h11-12H,6-10H2,1-5H3,(H,22,23);2H2/q;+1. The number of carboxylic acid groups (broad SMARTS) is 1. The van der Waals surface area contributed by atoms with Crippen molar-refractivity contribution in [2.24, 2.45) is 10.8 Å². The average molecular weight is 365 g/mol. The highest BCUT2D eigenvalue weighted by molar-refractivity contribution is 7.00. The number of carboxylic acids is 1. The lowest BCUT2D eigenvalue weighted by Crippen LogP contribution is -2.50. The molecule has 1 aliphatic rings. The average Bonchev–Trinajstić information content (AvgIpc) is 2.56. The van der Waals surface area contributed by atoms with E-state index in [1.54, 1.807) is 13.8 Å². The molecule has 138 valence electrons. The second kappa shape index (κ2) is 8.23. The Morgan fingerprint density at radius 3 is 1.84 bits per heavy atom. The maximum Gasteiger partial charge on any atom is 0.310 e. The number of Topliss-reactive ketones (excluding diaryl/α,β-unsaturated/α-hetero) is 1. The zero-order valence-corrected chi connectivity index (χ0v) is 17.1. The van der Waals surface area contributed by atoms with Gasteiger partial charge in [0.25, 0.3) is 0 Å². The Morgan fingerprint density at radius 1 is 1.00 bits per heavy atom. The third-order valence-corrected chi connectivity index (χ3v) is 5.78. The first-order valence-electron chi connectivity index (χ1n) is 8.73. The van der Waals surface area contributed by atoms with Crippen molar-refractivity contribution in [3.63, 3.8) is 0 Å². The van der Waals surface area contributed by atoms with E-state index in [-0.39, 0.29) is 5.78 Å². The van der Waals surface area contributed by atoms with E-state index in [1.165, 1.54) is 9.12 Å². The van der Waals surface area contributed by atoms with Crippen molar-refractivity contribution in [3.05, 3.63) is 34.4 Å². The predicted molar refractivity (Wildman–Crippen MR) is 102 cm³/mol. The van der Waals surface area contributed by atoms with E-state index in [0.717, 1.165) is 41.5 Å². The van der Waals surface area contributed by atoms with E-state index in [0.29, 0.717) is 12.8 Å². The molecular formula is C20H30O4P+. The normalized spacial score (nSPS) is 16.5. The van der Waals surface area contributed by atoms with Crippen molar-refractivity contribution < 1.29 is 19.3 Å². The predicted octanol–water partition coefficient (Wildman–Crippen LogP) is 5.06. The molecule has 1 N–H and O–H groups in total. The maximum absolute atomic E-state index is 13.6. The highest BCUT2D eigenvalue weighted by atomic mass is 31.0. The van der Waals surface area contributed by atoms with Crippen LogP contribution in [0.4, 0.5) is 0 Å². The smallest absolute Gasteiger partial charge is 0.310 e. The second-order valence-electron chi connectivity index (χ2n) is 7.68. The monoisotopic (exact) mass is 365 g/mol. The summed E-state index contributed by atoms with van der Waals surface area (Å²) in [6, 6.07) is 4.04. The number of carbonyl (C=O) groups is 2. The molecule has 5 heteroatoms. The van der Waals surface area contributed by atoms with Crippen molar-refractivity contribution >= 4 is 20.9 Å². The van der Waals surface area contributed by atoms with Gasteiger partial charge < -0.3 is 5.11 Å². The Balaban J connectivity index is 0.00000151. The minimum Gasteiger partial charge on any atom is -0.481 e. The highest BCUT2D eigenvalue weighted by Crippen LogP contribution is 2.52. The van der Waals surface area contributed by atoms with E-state index >= 15 is 0 Å². The van der Waals surface area contributed by atoms with Gasteiger partial charge in [-0.1, -0.05) is 41.5 Å². The van der Waals surface area contributed by atoms with Crippen LogP contribution in [0.25, 0.3) is 0 Å². The number of hydrogen-bond donors (Lipinski definition) is 1. The molecule has 0 heterocycles. The lowest BCUT2D eigenvalue weighted by Gasteiger charge is -2.46. The lowest BCUT2D eigenvalue weighted by molar-refractivity contribution is -0.154. The van der Waals surface area contributed by atoms with Gasteiger partial charge in [0.1, 0.15) is 0 Å². The largest absolute Gasteiger partial charge is 0.481 e. The summed E-state index contributed by atoms with van der Waals surface area (Å²) in [5.41, 5.74) is 1.91. The van der Waals surface area contributed by atoms with Crippen molar-refractivity contribution in [1.82, 2.24) is 0 Å². The zero-order valence-electron chi connectivity index (χ0n) is 15.9. The van der Waals surface area contributed by atoms with Crippen LogP contribution >= 0.6 is 9.12 Å². The van der Waals surface area contributed by atoms with Crippen LogP contribution in [0.1, 0.15) is 73.0 Å². The molecule has 0 aromatic heterocycles. The quantitative estimate of drug-likeness (QED) is 0.598. The van der Waals surface area contributed by atoms with E-state index < -0.39 is 16.8 Å². The zero-order chi connectivity index (χ0) is 19.4. The van der Waals surface area contributed by atoms with Gasteiger partial charge in [-0.15, -0.1) is 0 Å². The second-order valence-corrected chi connectivity index (χ2v) is 7.68. The number of carbonyl (C=O) groups excluding carboxylic acids is 1. The molecule has 1 aromatic rings. The van der Waals surface area contributed by atoms with E-state index in [9.17, 15) is 14.7 Å². The first kappa shape index (κ1) is 21.5. The maximum atomic E-state index is 13.6. The fourth-order valence-corrected chi connectivity index (χ4v) is 4.27. The van der Waals surface area contributed by atoms with E-state index in [2.05, 4.69) is 0 Å². The Morgan fingerprint density at radius 2 is 1.44 bits per heavy atom. The molecule has 1 unspecified atom stereocenters. The molecule has 0 saturated heterocycles. The van der Waals surface area contributed by atoms with Crippen LogP contribution in [0.15, 0.2) is 12.1 Å². The van der Waals surface area contributed by atoms with Gasteiger partial charge in [0.05, 0.1) is 5.41 Å². The summed E-state index contributed by atoms with van der Waals surface area (Å²) in [5, 5.41) is 9.79. The SMILES string of the molecule is Cc1cc(C)c(C(=O)C2(C(C)(C)C(=O)O)CCCCC2)c(C)c1.O=[PH2+]. The van der Waals surface area contributed by atoms with Gasteiger partial charge >= 0.3 is 15.1 Å². The van der Waals surface area contributed by atoms with Crippen molar-refractivity contribution in [3.8, 4) is 0 Å². The Kier molecular flexibility index (Phi) is 7.08. The lowest BCUT2D eigenvalue weighted by atomic mass is 9.55. The molecule has 0 radical (unpaired) electrons. The molecule has 25 heavy (non-hydrogen) atoms. The molecule has 1 fully saturated rings. The molecule has 0 amide bonds. The molecule has 0 spiro atoms. The summed E-state index contributed by atoms with van der Waals surface area (Å²) >= 11 is 0. The molecule has 4 nitrogen and oxygen atoms in total. The molecule has 1 aromatic carbocycles. The van der Waals surface area contributed by atoms with Gasteiger partial charge in [-0.05, 0) is 58.6 Å². The van der Waals surface area contributed by atoms with Crippen LogP contribution in [0.3, 0.4) is 0 Å². The fourth-order valence-electron chi connectivity index (χ4n) is 4.27. The molecular weight excluding hydrogens is 335 g/mol. The molecule has 0 bridgehead atoms. The number of benzene rings is 1. The molecule has 1 atom stereocenters. The fraction of sp³-hybridized carbons (Fsp3) is 0.600. The van der Waals surface area contributed by atoms with Crippen molar-refractivity contribution in [2.45, 2.75) is 66.7 Å². The van der Waals surface area contributed by atoms with E-state index in [1.807, 2.05) is 32.9 Å². The highest BCUT2D eigenvalue weighted by Gasteiger charge is 2.55. The summed E-state index contributed by atoms with van der Waals surface area (Å²) in [6.45, 7) is 9.37. The summed E-state index contributed by atoms with van der Waals surface area (Å²) in [5.74, 6) is -0.852. The molecule has 0 aliphatic heterocycles. The van der Waals surface area contributed by atoms with Crippen LogP contribution in [0.5, 0.6) is 0 Å². The minimum atomic E-state index is -1.06. The van der Waals surface area contributed by atoms with E-state index in [4.69, 9.17) is 4.57 Å². The Bertz CT molecular complexity index is 635. The van der Waals surface area contributed by atoms with Crippen LogP contribution in [-0.4, -0.2) is 16.9 Å². The first-order valence-corrected chi connectivity index (χ1v) is 9.20. The van der Waals surface area contributed by atoms with Gasteiger partial charge in [0.2, 0.25) is 0 Å². The van der Waals surface area contributed by atoms with Gasteiger partial charge in [0.15, 0.2) is 5.78 Å². The summed E-state index contributed by atoms with van der Waals surface area (Å²) in [6.07, 6.45) is 4.26. The third-order valence-electron chi connectivity index (χ3n) is 5.78. The number of hydrogen-bond acceptors (Lipinski definition) is 3. The number of rotatable bonds is 4. The minimum absolute atomic E-state index is 0.0274. The van der Waals surface area contributed by atoms with Crippen LogP contribution in [0.2, 0.25) is 0 Å². The van der Waals surface area contributed by atoms with Crippen molar-refractivity contribution in [2.75, 3.05) is 0 Å². The summed E-state index contributed by atoms with van der Waals surface area (Å²) < 4.78 is 8.17. The van der Waals surface area contributed by atoms with Gasteiger partial charge in [0, 0.05) is 11.0 Å². The van der Waals surface area contributed by atoms with Crippen LogP contribution in [0, 0.1) is 31.6 Å². The Hall–Kier alpha value is -1.54. The van der Waals surface area contributed by atoms with Gasteiger partial charge in [-0.3, -0.25) is 9.59 Å². The van der Waals surface area contributed by atoms with Crippen LogP contribution < -0.4 is 0 Å².